The summed E-state index contributed by atoms with van der Waals surface area (Å²) >= 11 is 6.10. The van der Waals surface area contributed by atoms with Crippen molar-refractivity contribution in [3.8, 4) is 0 Å². The van der Waals surface area contributed by atoms with Crippen molar-refractivity contribution >= 4 is 28.6 Å². The van der Waals surface area contributed by atoms with Gasteiger partial charge in [-0.3, -0.25) is 9.78 Å². The van der Waals surface area contributed by atoms with Gasteiger partial charge in [-0.25, -0.2) is 9.07 Å². The lowest BCUT2D eigenvalue weighted by atomic mass is 10.1. The predicted octanol–water partition coefficient (Wildman–Crippen LogP) is 3.84. The number of aromatic nitrogens is 4. The summed E-state index contributed by atoms with van der Waals surface area (Å²) in [4.78, 5) is 19.5. The fourth-order valence-electron chi connectivity index (χ4n) is 2.61. The second kappa shape index (κ2) is 6.15. The third kappa shape index (κ3) is 3.37. The summed E-state index contributed by atoms with van der Waals surface area (Å²) in [6, 6.07) is 3.92. The third-order valence-corrected chi connectivity index (χ3v) is 4.18. The molecule has 0 saturated carbocycles. The molecular formula is C17H19ClFN5O. The van der Waals surface area contributed by atoms with E-state index in [2.05, 4.69) is 20.4 Å². The molecule has 25 heavy (non-hydrogen) atoms. The molecule has 3 aromatic rings. The van der Waals surface area contributed by atoms with Crippen molar-refractivity contribution < 1.29 is 4.39 Å². The minimum absolute atomic E-state index is 0.277. The molecule has 2 heterocycles. The van der Waals surface area contributed by atoms with Crippen LogP contribution in [0, 0.1) is 5.82 Å². The maximum Gasteiger partial charge on any atom is 0.263 e. The van der Waals surface area contributed by atoms with Crippen LogP contribution in [0.15, 0.2) is 29.2 Å². The van der Waals surface area contributed by atoms with Gasteiger partial charge in [0.15, 0.2) is 5.65 Å². The molecule has 0 aliphatic carbocycles. The van der Waals surface area contributed by atoms with E-state index in [-0.39, 0.29) is 17.1 Å². The van der Waals surface area contributed by atoms with Gasteiger partial charge in [-0.1, -0.05) is 17.7 Å². The molecule has 2 aromatic heterocycles. The number of H-pyrrole nitrogens is 1. The van der Waals surface area contributed by atoms with Crippen LogP contribution in [-0.2, 0) is 5.54 Å². The van der Waals surface area contributed by atoms with Crippen LogP contribution >= 0.6 is 11.6 Å². The number of rotatable bonds is 3. The highest BCUT2D eigenvalue weighted by Crippen LogP contribution is 2.26. The fourth-order valence-corrected chi connectivity index (χ4v) is 2.94. The minimum Gasteiger partial charge on any atom is -0.349 e. The Morgan fingerprint density at radius 2 is 2.08 bits per heavy atom. The highest BCUT2D eigenvalue weighted by molar-refractivity contribution is 6.31. The lowest BCUT2D eigenvalue weighted by molar-refractivity contribution is 0.366. The average Bonchev–Trinajstić information content (AvgIpc) is 2.91. The van der Waals surface area contributed by atoms with Gasteiger partial charge in [0.2, 0.25) is 5.95 Å². The second-order valence-electron chi connectivity index (χ2n) is 6.91. The van der Waals surface area contributed by atoms with Gasteiger partial charge in [-0.15, -0.1) is 0 Å². The summed E-state index contributed by atoms with van der Waals surface area (Å²) in [5, 5.41) is 8.11. The maximum atomic E-state index is 13.2. The zero-order valence-electron chi connectivity index (χ0n) is 14.4. The normalized spacial score (nSPS) is 13.2. The van der Waals surface area contributed by atoms with E-state index in [4.69, 9.17) is 11.6 Å². The van der Waals surface area contributed by atoms with Crippen molar-refractivity contribution in [2.75, 3.05) is 5.32 Å². The Labute approximate surface area is 149 Å². The van der Waals surface area contributed by atoms with Gasteiger partial charge in [0.25, 0.3) is 5.56 Å². The predicted molar refractivity (Wildman–Crippen MR) is 96.6 cm³/mol. The van der Waals surface area contributed by atoms with Gasteiger partial charge in [0.05, 0.1) is 17.8 Å². The van der Waals surface area contributed by atoms with Crippen LogP contribution in [0.25, 0.3) is 11.0 Å². The Balaban J connectivity index is 2.00. The number of hydrogen-bond donors (Lipinski definition) is 2. The summed E-state index contributed by atoms with van der Waals surface area (Å²) in [5.74, 6) is -0.0978. The molecule has 8 heteroatoms. The standard InChI is InChI=1S/C17H19ClFN5O/c1-9(11-6-5-10(19)7-13(11)18)21-16-22-14-12(15(25)23-16)8-20-24(14)17(2,3)4/h5-9H,1-4H3,(H2,21,22,23,25). The first-order valence-electron chi connectivity index (χ1n) is 7.87. The third-order valence-electron chi connectivity index (χ3n) is 3.86. The van der Waals surface area contributed by atoms with Crippen molar-refractivity contribution in [1.29, 1.82) is 0 Å². The molecule has 6 nitrogen and oxygen atoms in total. The van der Waals surface area contributed by atoms with Crippen LogP contribution in [-0.4, -0.2) is 19.7 Å². The van der Waals surface area contributed by atoms with Crippen LogP contribution in [0.1, 0.15) is 39.3 Å². The summed E-state index contributed by atoms with van der Waals surface area (Å²) in [6.07, 6.45) is 1.51. The molecule has 0 radical (unpaired) electrons. The molecule has 0 bridgehead atoms. The topological polar surface area (TPSA) is 75.6 Å². The van der Waals surface area contributed by atoms with Gasteiger partial charge in [-0.05, 0) is 45.4 Å². The second-order valence-corrected chi connectivity index (χ2v) is 7.32. The Morgan fingerprint density at radius 1 is 1.36 bits per heavy atom. The van der Waals surface area contributed by atoms with Crippen LogP contribution < -0.4 is 10.9 Å². The quantitative estimate of drug-likeness (QED) is 0.741. The lowest BCUT2D eigenvalue weighted by Gasteiger charge is -2.20. The number of nitrogens with one attached hydrogen (secondary N) is 2. The summed E-state index contributed by atoms with van der Waals surface area (Å²) < 4.78 is 14.9. The number of anilines is 1. The molecular weight excluding hydrogens is 345 g/mol. The van der Waals surface area contributed by atoms with Crippen LogP contribution in [0.5, 0.6) is 0 Å². The molecule has 0 aliphatic rings. The number of nitrogens with zero attached hydrogens (tertiary/aromatic N) is 3. The van der Waals surface area contributed by atoms with Crippen molar-refractivity contribution in [2.24, 2.45) is 0 Å². The highest BCUT2D eigenvalue weighted by Gasteiger charge is 2.20. The molecule has 0 spiro atoms. The van der Waals surface area contributed by atoms with E-state index in [0.717, 1.165) is 0 Å². The van der Waals surface area contributed by atoms with Gasteiger partial charge < -0.3 is 5.32 Å². The van der Waals surface area contributed by atoms with E-state index < -0.39 is 5.82 Å². The van der Waals surface area contributed by atoms with Gasteiger partial charge in [-0.2, -0.15) is 10.1 Å². The van der Waals surface area contributed by atoms with Gasteiger partial charge >= 0.3 is 0 Å². The molecule has 1 aromatic carbocycles. The van der Waals surface area contributed by atoms with Crippen molar-refractivity contribution in [2.45, 2.75) is 39.3 Å². The monoisotopic (exact) mass is 363 g/mol. The molecule has 0 amide bonds. The first-order chi connectivity index (χ1) is 11.7. The summed E-state index contributed by atoms with van der Waals surface area (Å²) in [6.45, 7) is 7.80. The van der Waals surface area contributed by atoms with Crippen molar-refractivity contribution in [3.63, 3.8) is 0 Å². The Morgan fingerprint density at radius 3 is 2.72 bits per heavy atom. The zero-order valence-corrected chi connectivity index (χ0v) is 15.1. The summed E-state index contributed by atoms with van der Waals surface area (Å²) in [7, 11) is 0. The van der Waals surface area contributed by atoms with E-state index in [1.807, 2.05) is 27.7 Å². The van der Waals surface area contributed by atoms with E-state index in [1.165, 1.54) is 18.3 Å². The Bertz CT molecular complexity index is 989. The zero-order chi connectivity index (χ0) is 18.4. The molecule has 2 N–H and O–H groups in total. The van der Waals surface area contributed by atoms with Gasteiger partial charge in [0, 0.05) is 5.02 Å². The van der Waals surface area contributed by atoms with E-state index in [1.54, 1.807) is 10.7 Å². The number of halogens is 2. The average molecular weight is 364 g/mol. The van der Waals surface area contributed by atoms with Crippen molar-refractivity contribution in [3.05, 3.63) is 51.2 Å². The molecule has 1 unspecified atom stereocenters. The molecule has 0 aliphatic heterocycles. The fraction of sp³-hybridized carbons (Fsp3) is 0.353. The maximum absolute atomic E-state index is 13.2. The largest absolute Gasteiger partial charge is 0.349 e. The minimum atomic E-state index is -0.400. The molecule has 132 valence electrons. The molecule has 3 rings (SSSR count). The van der Waals surface area contributed by atoms with Crippen LogP contribution in [0.4, 0.5) is 10.3 Å². The Kier molecular flexibility index (Phi) is 4.28. The first-order valence-corrected chi connectivity index (χ1v) is 8.24. The van der Waals surface area contributed by atoms with Gasteiger partial charge in [0.1, 0.15) is 11.2 Å². The highest BCUT2D eigenvalue weighted by atomic mass is 35.5. The van der Waals surface area contributed by atoms with E-state index in [0.29, 0.717) is 27.6 Å². The molecule has 0 saturated heterocycles. The van der Waals surface area contributed by atoms with Crippen LogP contribution in [0.2, 0.25) is 5.02 Å². The SMILES string of the molecule is CC(Nc1nc2c(cnn2C(C)(C)C)c(=O)[nH]1)c1ccc(F)cc1Cl. The van der Waals surface area contributed by atoms with E-state index in [9.17, 15) is 9.18 Å². The van der Waals surface area contributed by atoms with Crippen LogP contribution in [0.3, 0.4) is 0 Å². The first kappa shape index (κ1) is 17.4. The van der Waals surface area contributed by atoms with E-state index >= 15 is 0 Å². The molecule has 1 atom stereocenters. The summed E-state index contributed by atoms with van der Waals surface area (Å²) in [5.41, 5.74) is 0.609. The lowest BCUT2D eigenvalue weighted by Crippen LogP contribution is -2.24. The number of fused-ring (bicyclic) bond motifs is 1. The van der Waals surface area contributed by atoms with Crippen molar-refractivity contribution in [1.82, 2.24) is 19.7 Å². The molecule has 0 fully saturated rings. The number of aromatic amines is 1. The number of benzene rings is 1. The smallest absolute Gasteiger partial charge is 0.263 e. The Hall–Kier alpha value is -2.41. The number of hydrogen-bond acceptors (Lipinski definition) is 4.